The predicted molar refractivity (Wildman–Crippen MR) is 103 cm³/mol. The van der Waals surface area contributed by atoms with E-state index in [0.717, 1.165) is 31.4 Å². The normalized spacial score (nSPS) is 23.6. The van der Waals surface area contributed by atoms with Crippen LogP contribution in [0.15, 0.2) is 24.5 Å². The molecule has 0 bridgehead atoms. The SMILES string of the molecule is CC(C)(C)COC(=O)N1CCC[C@]2(CCC(=O)N(Cc3ccncc3)C2)C1. The van der Waals surface area contributed by atoms with Crippen molar-refractivity contribution in [2.24, 2.45) is 10.8 Å². The lowest BCUT2D eigenvalue weighted by atomic mass is 9.73. The second-order valence-corrected chi connectivity index (χ2v) is 9.25. The monoisotopic (exact) mass is 373 g/mol. The quantitative estimate of drug-likeness (QED) is 0.814. The summed E-state index contributed by atoms with van der Waals surface area (Å²) in [6.45, 7) is 9.32. The van der Waals surface area contributed by atoms with Crippen LogP contribution in [-0.4, -0.2) is 53.0 Å². The van der Waals surface area contributed by atoms with Gasteiger partial charge in [0.1, 0.15) is 0 Å². The van der Waals surface area contributed by atoms with Gasteiger partial charge in [-0.25, -0.2) is 4.79 Å². The van der Waals surface area contributed by atoms with Crippen LogP contribution in [0.1, 0.15) is 52.0 Å². The maximum absolute atomic E-state index is 12.5. The molecule has 3 heterocycles. The first-order chi connectivity index (χ1) is 12.8. The number of hydrogen-bond donors (Lipinski definition) is 0. The molecule has 2 aliphatic rings. The van der Waals surface area contributed by atoms with E-state index >= 15 is 0 Å². The van der Waals surface area contributed by atoms with E-state index < -0.39 is 0 Å². The third kappa shape index (κ3) is 5.21. The zero-order chi connectivity index (χ0) is 19.5. The molecule has 1 aromatic heterocycles. The number of nitrogens with zero attached hydrogens (tertiary/aromatic N) is 3. The molecule has 148 valence electrons. The maximum atomic E-state index is 12.5. The molecule has 1 atom stereocenters. The number of hydrogen-bond acceptors (Lipinski definition) is 4. The average Bonchev–Trinajstić information content (AvgIpc) is 2.63. The third-order valence-corrected chi connectivity index (χ3v) is 5.42. The van der Waals surface area contributed by atoms with E-state index in [1.807, 2.05) is 21.9 Å². The molecule has 6 nitrogen and oxygen atoms in total. The third-order valence-electron chi connectivity index (χ3n) is 5.42. The first-order valence-electron chi connectivity index (χ1n) is 9.85. The maximum Gasteiger partial charge on any atom is 0.409 e. The molecule has 0 N–H and O–H groups in total. The van der Waals surface area contributed by atoms with Gasteiger partial charge in [0.25, 0.3) is 0 Å². The van der Waals surface area contributed by atoms with Crippen molar-refractivity contribution >= 4 is 12.0 Å². The van der Waals surface area contributed by atoms with Gasteiger partial charge in [-0.05, 0) is 42.4 Å². The molecule has 2 amide bonds. The summed E-state index contributed by atoms with van der Waals surface area (Å²) in [5.74, 6) is 0.199. The summed E-state index contributed by atoms with van der Waals surface area (Å²) in [4.78, 5) is 32.8. The predicted octanol–water partition coefficient (Wildman–Crippen LogP) is 3.47. The van der Waals surface area contributed by atoms with E-state index in [2.05, 4.69) is 25.8 Å². The number of pyridine rings is 1. The van der Waals surface area contributed by atoms with Gasteiger partial charge < -0.3 is 14.5 Å². The van der Waals surface area contributed by atoms with Gasteiger partial charge in [0, 0.05) is 50.4 Å². The second kappa shape index (κ2) is 7.87. The van der Waals surface area contributed by atoms with Crippen LogP contribution in [0.2, 0.25) is 0 Å². The molecule has 2 fully saturated rings. The lowest BCUT2D eigenvalue weighted by molar-refractivity contribution is -0.139. The van der Waals surface area contributed by atoms with Crippen LogP contribution in [0.25, 0.3) is 0 Å². The lowest BCUT2D eigenvalue weighted by Crippen LogP contribution is -2.55. The smallest absolute Gasteiger partial charge is 0.409 e. The number of ether oxygens (including phenoxy) is 1. The minimum atomic E-state index is -0.221. The summed E-state index contributed by atoms with van der Waals surface area (Å²) in [5, 5.41) is 0. The molecule has 3 rings (SSSR count). The molecule has 0 saturated carbocycles. The van der Waals surface area contributed by atoms with Crippen molar-refractivity contribution in [1.82, 2.24) is 14.8 Å². The Morgan fingerprint density at radius 1 is 1.22 bits per heavy atom. The minimum Gasteiger partial charge on any atom is -0.449 e. The van der Waals surface area contributed by atoms with Crippen LogP contribution in [0.3, 0.4) is 0 Å². The van der Waals surface area contributed by atoms with Crippen molar-refractivity contribution in [3.63, 3.8) is 0 Å². The van der Waals surface area contributed by atoms with Gasteiger partial charge in [-0.15, -0.1) is 0 Å². The zero-order valence-electron chi connectivity index (χ0n) is 16.7. The lowest BCUT2D eigenvalue weighted by Gasteiger charge is -2.48. The number of rotatable bonds is 3. The second-order valence-electron chi connectivity index (χ2n) is 9.25. The Kier molecular flexibility index (Phi) is 5.72. The average molecular weight is 373 g/mol. The van der Waals surface area contributed by atoms with Gasteiger partial charge in [-0.1, -0.05) is 20.8 Å². The molecule has 2 aliphatic heterocycles. The summed E-state index contributed by atoms with van der Waals surface area (Å²) in [5.41, 5.74) is 1.04. The van der Waals surface area contributed by atoms with Crippen molar-refractivity contribution in [3.05, 3.63) is 30.1 Å². The van der Waals surface area contributed by atoms with Crippen LogP contribution >= 0.6 is 0 Å². The van der Waals surface area contributed by atoms with Crippen molar-refractivity contribution in [3.8, 4) is 0 Å². The number of carbonyl (C=O) groups is 2. The summed E-state index contributed by atoms with van der Waals surface area (Å²) in [6, 6.07) is 3.90. The highest BCUT2D eigenvalue weighted by Gasteiger charge is 2.43. The van der Waals surface area contributed by atoms with E-state index in [9.17, 15) is 9.59 Å². The van der Waals surface area contributed by atoms with Gasteiger partial charge in [0.15, 0.2) is 0 Å². The Balaban J connectivity index is 1.64. The molecular weight excluding hydrogens is 342 g/mol. The molecule has 6 heteroatoms. The number of carbonyl (C=O) groups excluding carboxylic acids is 2. The number of aromatic nitrogens is 1. The zero-order valence-corrected chi connectivity index (χ0v) is 16.7. The summed E-state index contributed by atoms with van der Waals surface area (Å²) >= 11 is 0. The van der Waals surface area contributed by atoms with Crippen molar-refractivity contribution in [2.75, 3.05) is 26.2 Å². The fourth-order valence-corrected chi connectivity index (χ4v) is 4.02. The molecule has 1 aromatic rings. The van der Waals surface area contributed by atoms with E-state index in [-0.39, 0.29) is 22.8 Å². The van der Waals surface area contributed by atoms with Crippen LogP contribution < -0.4 is 0 Å². The van der Waals surface area contributed by atoms with Gasteiger partial charge in [-0.2, -0.15) is 0 Å². The Labute approximate surface area is 161 Å². The number of piperidine rings is 2. The van der Waals surface area contributed by atoms with E-state index in [1.165, 1.54) is 0 Å². The van der Waals surface area contributed by atoms with Crippen molar-refractivity contribution in [1.29, 1.82) is 0 Å². The van der Waals surface area contributed by atoms with Gasteiger partial charge in [-0.3, -0.25) is 9.78 Å². The van der Waals surface area contributed by atoms with Gasteiger partial charge in [0.2, 0.25) is 5.91 Å². The van der Waals surface area contributed by atoms with E-state index in [0.29, 0.717) is 32.7 Å². The van der Waals surface area contributed by atoms with Crippen molar-refractivity contribution in [2.45, 2.75) is 53.0 Å². The highest BCUT2D eigenvalue weighted by molar-refractivity contribution is 5.77. The molecule has 0 aliphatic carbocycles. The van der Waals surface area contributed by atoms with Gasteiger partial charge >= 0.3 is 6.09 Å². The Bertz CT molecular complexity index is 671. The van der Waals surface area contributed by atoms with E-state index in [4.69, 9.17) is 4.74 Å². The Morgan fingerprint density at radius 2 is 1.96 bits per heavy atom. The van der Waals surface area contributed by atoms with Crippen LogP contribution in [0.4, 0.5) is 4.79 Å². The van der Waals surface area contributed by atoms with Crippen LogP contribution in [-0.2, 0) is 16.1 Å². The fraction of sp³-hybridized carbons (Fsp3) is 0.667. The first kappa shape index (κ1) is 19.6. The topological polar surface area (TPSA) is 62.7 Å². The van der Waals surface area contributed by atoms with E-state index in [1.54, 1.807) is 12.4 Å². The minimum absolute atomic E-state index is 0.0139. The molecule has 1 spiro atoms. The number of likely N-dealkylation sites (tertiary alicyclic amines) is 2. The van der Waals surface area contributed by atoms with Crippen LogP contribution in [0, 0.1) is 10.8 Å². The molecule has 2 saturated heterocycles. The Morgan fingerprint density at radius 3 is 2.67 bits per heavy atom. The van der Waals surface area contributed by atoms with Gasteiger partial charge in [0.05, 0.1) is 6.61 Å². The molecule has 0 aromatic carbocycles. The summed E-state index contributed by atoms with van der Waals surface area (Å²) < 4.78 is 5.52. The highest BCUT2D eigenvalue weighted by atomic mass is 16.6. The summed E-state index contributed by atoms with van der Waals surface area (Å²) in [7, 11) is 0. The van der Waals surface area contributed by atoms with Crippen LogP contribution in [0.5, 0.6) is 0 Å². The molecule has 27 heavy (non-hydrogen) atoms. The number of amides is 2. The van der Waals surface area contributed by atoms with Crippen molar-refractivity contribution < 1.29 is 14.3 Å². The summed E-state index contributed by atoms with van der Waals surface area (Å²) in [6.07, 6.45) is 6.71. The standard InChI is InChI=1S/C21H31N3O3/c1-20(2,3)16-27-19(26)23-12-4-8-21(14-23)9-5-18(25)24(15-21)13-17-6-10-22-11-7-17/h6-7,10-11H,4-5,8-9,12-16H2,1-3H3/t21-/m0/s1. The Hall–Kier alpha value is -2.11. The molecular formula is C21H31N3O3. The largest absolute Gasteiger partial charge is 0.449 e. The first-order valence-corrected chi connectivity index (χ1v) is 9.85. The fourth-order valence-electron chi connectivity index (χ4n) is 4.02. The highest BCUT2D eigenvalue weighted by Crippen LogP contribution is 2.39. The molecule has 0 radical (unpaired) electrons. The molecule has 0 unspecified atom stereocenters.